The van der Waals surface area contributed by atoms with Crippen molar-refractivity contribution in [3.05, 3.63) is 29.3 Å². The van der Waals surface area contributed by atoms with Crippen molar-refractivity contribution in [1.29, 1.82) is 5.26 Å². The predicted octanol–water partition coefficient (Wildman–Crippen LogP) is 2.37. The number of nitrogens with zero attached hydrogens (tertiary/aromatic N) is 2. The van der Waals surface area contributed by atoms with Gasteiger partial charge in [-0.25, -0.2) is 0 Å². The zero-order valence-corrected chi connectivity index (χ0v) is 10.8. The molecule has 3 heteroatoms. The quantitative estimate of drug-likeness (QED) is 0.864. The number of hydrogen-bond donors (Lipinski definition) is 1. The first-order chi connectivity index (χ1) is 8.78. The van der Waals surface area contributed by atoms with E-state index in [1.165, 1.54) is 25.9 Å². The van der Waals surface area contributed by atoms with E-state index in [0.717, 1.165) is 29.3 Å². The Balaban J connectivity index is 1.81. The third-order valence-corrected chi connectivity index (χ3v) is 4.38. The number of piperidine rings is 3. The molecule has 3 aliphatic heterocycles. The molecule has 0 aromatic heterocycles. The van der Waals surface area contributed by atoms with Crippen LogP contribution in [-0.2, 0) is 0 Å². The van der Waals surface area contributed by atoms with E-state index in [0.29, 0.717) is 6.04 Å². The highest BCUT2D eigenvalue weighted by Crippen LogP contribution is 2.30. The van der Waals surface area contributed by atoms with Gasteiger partial charge in [0.15, 0.2) is 0 Å². The number of rotatable bonds is 2. The highest BCUT2D eigenvalue weighted by molar-refractivity contribution is 5.61. The molecule has 3 nitrogen and oxygen atoms in total. The molecule has 0 saturated carbocycles. The summed E-state index contributed by atoms with van der Waals surface area (Å²) in [6.45, 7) is 5.63. The van der Waals surface area contributed by atoms with Crippen LogP contribution < -0.4 is 5.32 Å². The molecule has 3 heterocycles. The normalized spacial score (nSPS) is 29.9. The van der Waals surface area contributed by atoms with Crippen molar-refractivity contribution in [1.82, 2.24) is 4.90 Å². The van der Waals surface area contributed by atoms with Gasteiger partial charge in [-0.3, -0.25) is 0 Å². The van der Waals surface area contributed by atoms with Gasteiger partial charge >= 0.3 is 0 Å². The number of benzene rings is 1. The van der Waals surface area contributed by atoms with Crippen molar-refractivity contribution < 1.29 is 0 Å². The first kappa shape index (κ1) is 11.6. The Kier molecular flexibility index (Phi) is 2.97. The van der Waals surface area contributed by atoms with E-state index in [1.54, 1.807) is 0 Å². The molecule has 3 saturated heterocycles. The maximum atomic E-state index is 9.26. The molecular formula is C15H19N3. The largest absolute Gasteiger partial charge is 0.380 e. The maximum absolute atomic E-state index is 9.26. The summed E-state index contributed by atoms with van der Waals surface area (Å²) in [5.41, 5.74) is 2.87. The first-order valence-electron chi connectivity index (χ1n) is 6.76. The fourth-order valence-electron chi connectivity index (χ4n) is 3.26. The molecule has 0 spiro atoms. The molecule has 4 rings (SSSR count). The Morgan fingerprint density at radius 2 is 2.11 bits per heavy atom. The summed E-state index contributed by atoms with van der Waals surface area (Å²) in [7, 11) is 0. The number of nitriles is 1. The third-order valence-electron chi connectivity index (χ3n) is 4.38. The summed E-state index contributed by atoms with van der Waals surface area (Å²) < 4.78 is 0. The second-order valence-electron chi connectivity index (χ2n) is 5.50. The van der Waals surface area contributed by atoms with Gasteiger partial charge in [0, 0.05) is 12.6 Å². The molecule has 94 valence electrons. The lowest BCUT2D eigenvalue weighted by Crippen LogP contribution is -2.53. The lowest BCUT2D eigenvalue weighted by molar-refractivity contribution is 0.0975. The van der Waals surface area contributed by atoms with Gasteiger partial charge in [0.2, 0.25) is 0 Å². The Morgan fingerprint density at radius 3 is 2.72 bits per heavy atom. The van der Waals surface area contributed by atoms with Crippen LogP contribution in [0.15, 0.2) is 18.2 Å². The molecule has 1 aromatic carbocycles. The average molecular weight is 241 g/mol. The minimum Gasteiger partial charge on any atom is -0.380 e. The van der Waals surface area contributed by atoms with Gasteiger partial charge in [-0.15, -0.1) is 0 Å². The number of anilines is 1. The van der Waals surface area contributed by atoms with E-state index in [9.17, 15) is 5.26 Å². The maximum Gasteiger partial charge on any atom is 0.102 e. The molecule has 0 radical (unpaired) electrons. The van der Waals surface area contributed by atoms with Gasteiger partial charge < -0.3 is 10.2 Å². The zero-order valence-electron chi connectivity index (χ0n) is 10.8. The van der Waals surface area contributed by atoms with E-state index < -0.39 is 0 Å². The highest BCUT2D eigenvalue weighted by atomic mass is 15.2. The molecule has 1 N–H and O–H groups in total. The number of fused-ring (bicyclic) bond motifs is 3. The third kappa shape index (κ3) is 1.97. The zero-order chi connectivity index (χ0) is 12.5. The van der Waals surface area contributed by atoms with E-state index in [4.69, 9.17) is 0 Å². The van der Waals surface area contributed by atoms with Crippen molar-refractivity contribution in [2.24, 2.45) is 5.92 Å². The van der Waals surface area contributed by atoms with Crippen LogP contribution in [0.2, 0.25) is 0 Å². The van der Waals surface area contributed by atoms with E-state index in [-0.39, 0.29) is 0 Å². The number of aryl methyl sites for hydroxylation is 1. The van der Waals surface area contributed by atoms with Crippen LogP contribution in [0, 0.1) is 24.2 Å². The first-order valence-corrected chi connectivity index (χ1v) is 6.76. The van der Waals surface area contributed by atoms with Crippen LogP contribution >= 0.6 is 0 Å². The van der Waals surface area contributed by atoms with Gasteiger partial charge in [-0.1, -0.05) is 12.1 Å². The average Bonchev–Trinajstić information content (AvgIpc) is 2.40. The standard InChI is InChI=1S/C15H19N3/c1-11-3-2-4-14(13(11)9-16)17-15-10-18-7-5-12(15)6-8-18/h2-4,12,15,17H,5-8,10H2,1H3. The fraction of sp³-hybridized carbons (Fsp3) is 0.533. The summed E-state index contributed by atoms with van der Waals surface area (Å²) in [6.07, 6.45) is 2.59. The van der Waals surface area contributed by atoms with Crippen LogP contribution in [-0.4, -0.2) is 30.6 Å². The summed E-state index contributed by atoms with van der Waals surface area (Å²) in [4.78, 5) is 2.53. The van der Waals surface area contributed by atoms with Crippen LogP contribution in [0.3, 0.4) is 0 Å². The Morgan fingerprint density at radius 1 is 1.33 bits per heavy atom. The van der Waals surface area contributed by atoms with Crippen molar-refractivity contribution in [3.63, 3.8) is 0 Å². The molecule has 1 unspecified atom stereocenters. The van der Waals surface area contributed by atoms with E-state index in [1.807, 2.05) is 25.1 Å². The van der Waals surface area contributed by atoms with Crippen molar-refractivity contribution in [2.75, 3.05) is 25.0 Å². The summed E-state index contributed by atoms with van der Waals surface area (Å²) >= 11 is 0. The molecule has 0 amide bonds. The van der Waals surface area contributed by atoms with Crippen LogP contribution in [0.1, 0.15) is 24.0 Å². The second kappa shape index (κ2) is 4.62. The number of nitrogens with one attached hydrogen (secondary N) is 1. The van der Waals surface area contributed by atoms with Crippen LogP contribution in [0.25, 0.3) is 0 Å². The molecular weight excluding hydrogens is 222 g/mol. The minimum atomic E-state index is 0.515. The van der Waals surface area contributed by atoms with Gasteiger partial charge in [0.1, 0.15) is 6.07 Å². The van der Waals surface area contributed by atoms with Gasteiger partial charge in [-0.05, 0) is 50.4 Å². The van der Waals surface area contributed by atoms with E-state index >= 15 is 0 Å². The minimum absolute atomic E-state index is 0.515. The lowest BCUT2D eigenvalue weighted by atomic mass is 9.84. The molecule has 0 aliphatic carbocycles. The Bertz CT molecular complexity index is 481. The van der Waals surface area contributed by atoms with Gasteiger partial charge in [0.25, 0.3) is 0 Å². The van der Waals surface area contributed by atoms with E-state index in [2.05, 4.69) is 16.3 Å². The smallest absolute Gasteiger partial charge is 0.102 e. The Labute approximate surface area is 108 Å². The van der Waals surface area contributed by atoms with Gasteiger partial charge in [0.05, 0.1) is 11.3 Å². The second-order valence-corrected chi connectivity index (χ2v) is 5.50. The lowest BCUT2D eigenvalue weighted by Gasteiger charge is -2.45. The fourth-order valence-corrected chi connectivity index (χ4v) is 3.26. The van der Waals surface area contributed by atoms with Crippen molar-refractivity contribution >= 4 is 5.69 Å². The van der Waals surface area contributed by atoms with Crippen LogP contribution in [0.4, 0.5) is 5.69 Å². The highest BCUT2D eigenvalue weighted by Gasteiger charge is 2.34. The topological polar surface area (TPSA) is 39.1 Å². The van der Waals surface area contributed by atoms with Crippen molar-refractivity contribution in [3.8, 4) is 6.07 Å². The molecule has 1 atom stereocenters. The summed E-state index contributed by atoms with van der Waals surface area (Å²) in [5, 5.41) is 12.9. The molecule has 3 fully saturated rings. The predicted molar refractivity (Wildman–Crippen MR) is 72.5 cm³/mol. The molecule has 3 aliphatic rings. The summed E-state index contributed by atoms with van der Waals surface area (Å²) in [5.74, 6) is 0.780. The van der Waals surface area contributed by atoms with Crippen LogP contribution in [0.5, 0.6) is 0 Å². The number of hydrogen-bond acceptors (Lipinski definition) is 3. The molecule has 1 aromatic rings. The van der Waals surface area contributed by atoms with Crippen molar-refractivity contribution in [2.45, 2.75) is 25.8 Å². The summed E-state index contributed by atoms with van der Waals surface area (Å²) in [6, 6.07) is 8.90. The Hall–Kier alpha value is -1.53. The molecule has 18 heavy (non-hydrogen) atoms. The van der Waals surface area contributed by atoms with Gasteiger partial charge in [-0.2, -0.15) is 5.26 Å². The SMILES string of the molecule is Cc1cccc(NC2CN3CCC2CC3)c1C#N. The molecule has 2 bridgehead atoms. The monoisotopic (exact) mass is 241 g/mol.